The van der Waals surface area contributed by atoms with Gasteiger partial charge in [-0.1, -0.05) is 37.6 Å². The number of carbonyl (C=O) groups excluding carboxylic acids is 1. The lowest BCUT2D eigenvalue weighted by Crippen LogP contribution is -2.51. The highest BCUT2D eigenvalue weighted by Crippen LogP contribution is 2.33. The first-order valence-electron chi connectivity index (χ1n) is 11.5. The van der Waals surface area contributed by atoms with Crippen molar-refractivity contribution >= 4 is 15.9 Å². The van der Waals surface area contributed by atoms with Crippen LogP contribution in [0, 0.1) is 18.8 Å². The van der Waals surface area contributed by atoms with Crippen molar-refractivity contribution < 1.29 is 13.2 Å². The number of sulfonamides is 1. The smallest absolute Gasteiger partial charge is 0.254 e. The van der Waals surface area contributed by atoms with Crippen molar-refractivity contribution in [1.29, 1.82) is 0 Å². The summed E-state index contributed by atoms with van der Waals surface area (Å²) < 4.78 is 27.9. The van der Waals surface area contributed by atoms with Gasteiger partial charge in [-0.3, -0.25) is 4.79 Å². The van der Waals surface area contributed by atoms with Crippen LogP contribution in [0.4, 0.5) is 0 Å². The summed E-state index contributed by atoms with van der Waals surface area (Å²) in [4.78, 5) is 15.6. The third-order valence-electron chi connectivity index (χ3n) is 6.86. The average Bonchev–Trinajstić information content (AvgIpc) is 2.72. The molecule has 0 saturated carbocycles. The lowest BCUT2D eigenvalue weighted by Gasteiger charge is -2.43. The van der Waals surface area contributed by atoms with E-state index in [-0.39, 0.29) is 16.3 Å². The molecule has 6 heteroatoms. The molecular formula is C26H34N2O3S. The fourth-order valence-corrected chi connectivity index (χ4v) is 6.92. The summed E-state index contributed by atoms with van der Waals surface area (Å²) in [6, 6.07) is 12.9. The maximum atomic E-state index is 13.4. The van der Waals surface area contributed by atoms with E-state index in [9.17, 15) is 13.2 Å². The molecule has 172 valence electrons. The van der Waals surface area contributed by atoms with Crippen molar-refractivity contribution in [3.63, 3.8) is 0 Å². The number of aryl methyl sites for hydroxylation is 1. The van der Waals surface area contributed by atoms with Gasteiger partial charge < -0.3 is 4.90 Å². The van der Waals surface area contributed by atoms with Crippen molar-refractivity contribution in [3.05, 3.63) is 64.7 Å². The molecule has 0 aromatic heterocycles. The number of rotatable bonds is 3. The molecule has 2 aromatic carbocycles. The zero-order valence-corrected chi connectivity index (χ0v) is 20.6. The topological polar surface area (TPSA) is 57.7 Å². The van der Waals surface area contributed by atoms with Crippen LogP contribution in [0.5, 0.6) is 0 Å². The van der Waals surface area contributed by atoms with E-state index < -0.39 is 10.0 Å². The Morgan fingerprint density at radius 1 is 0.969 bits per heavy atom. The van der Waals surface area contributed by atoms with Gasteiger partial charge >= 0.3 is 0 Å². The monoisotopic (exact) mass is 454 g/mol. The highest BCUT2D eigenvalue weighted by molar-refractivity contribution is 7.89. The Balaban J connectivity index is 1.57. The Kier molecular flexibility index (Phi) is 5.97. The molecule has 1 saturated heterocycles. The predicted octanol–water partition coefficient (Wildman–Crippen LogP) is 4.64. The fraction of sp³-hybridized carbons (Fsp3) is 0.500. The van der Waals surface area contributed by atoms with Gasteiger partial charge in [0, 0.05) is 30.7 Å². The summed E-state index contributed by atoms with van der Waals surface area (Å²) in [6.45, 7) is 12.1. The Hall–Kier alpha value is -2.18. The zero-order valence-electron chi connectivity index (χ0n) is 19.8. The van der Waals surface area contributed by atoms with Crippen LogP contribution in [0.2, 0.25) is 0 Å². The van der Waals surface area contributed by atoms with Gasteiger partial charge in [-0.05, 0) is 80.8 Å². The molecule has 2 atom stereocenters. The molecule has 2 heterocycles. The number of piperidine rings is 1. The molecule has 0 bridgehead atoms. The third-order valence-corrected chi connectivity index (χ3v) is 8.71. The van der Waals surface area contributed by atoms with Crippen molar-refractivity contribution in [1.82, 2.24) is 9.21 Å². The molecule has 32 heavy (non-hydrogen) atoms. The quantitative estimate of drug-likeness (QED) is 0.679. The summed E-state index contributed by atoms with van der Waals surface area (Å²) in [5.41, 5.74) is 3.87. The van der Waals surface area contributed by atoms with Crippen LogP contribution in [-0.2, 0) is 23.0 Å². The highest BCUT2D eigenvalue weighted by Gasteiger charge is 2.37. The Morgan fingerprint density at radius 3 is 2.22 bits per heavy atom. The van der Waals surface area contributed by atoms with E-state index in [1.165, 1.54) is 16.7 Å². The van der Waals surface area contributed by atoms with Crippen LogP contribution in [0.15, 0.2) is 47.4 Å². The van der Waals surface area contributed by atoms with E-state index in [1.807, 2.05) is 4.90 Å². The van der Waals surface area contributed by atoms with Crippen molar-refractivity contribution in [3.8, 4) is 0 Å². The molecule has 1 amide bonds. The Bertz CT molecular complexity index is 1110. The molecule has 0 N–H and O–H groups in total. The molecule has 2 aromatic rings. The number of benzene rings is 2. The predicted molar refractivity (Wildman–Crippen MR) is 127 cm³/mol. The van der Waals surface area contributed by atoms with Gasteiger partial charge in [0.05, 0.1) is 4.90 Å². The van der Waals surface area contributed by atoms with Crippen LogP contribution in [0.1, 0.15) is 61.2 Å². The van der Waals surface area contributed by atoms with E-state index in [0.29, 0.717) is 37.0 Å². The second-order valence-electron chi connectivity index (χ2n) is 10.4. The van der Waals surface area contributed by atoms with Gasteiger partial charge in [0.15, 0.2) is 0 Å². The first-order chi connectivity index (χ1) is 15.0. The Labute approximate surface area is 192 Å². The Morgan fingerprint density at radius 2 is 1.59 bits per heavy atom. The first kappa shape index (κ1) is 23.0. The van der Waals surface area contributed by atoms with Gasteiger partial charge in [0.2, 0.25) is 10.0 Å². The maximum absolute atomic E-state index is 13.4. The number of amides is 1. The minimum absolute atomic E-state index is 0.0636. The van der Waals surface area contributed by atoms with Gasteiger partial charge in [0.25, 0.3) is 5.91 Å². The van der Waals surface area contributed by atoms with Gasteiger partial charge in [0.1, 0.15) is 0 Å². The standard InChI is InChI=1S/C26H34N2O3S/c1-18-6-7-22-14-26(4,5)28(17-23(22)13-18)25(29)21-8-10-24(11-9-21)32(30,31)27-15-19(2)12-20(3)16-27/h6-11,13,19-20H,12,14-17H2,1-5H3. The molecule has 1 fully saturated rings. The van der Waals surface area contributed by atoms with Crippen LogP contribution >= 0.6 is 0 Å². The normalized spacial score (nSPS) is 23.6. The number of hydrogen-bond acceptors (Lipinski definition) is 3. The molecule has 5 nitrogen and oxygen atoms in total. The van der Waals surface area contributed by atoms with E-state index in [0.717, 1.165) is 12.8 Å². The molecule has 2 unspecified atom stereocenters. The summed E-state index contributed by atoms with van der Waals surface area (Å²) in [7, 11) is -3.55. The molecule has 0 radical (unpaired) electrons. The maximum Gasteiger partial charge on any atom is 0.254 e. The van der Waals surface area contributed by atoms with E-state index in [4.69, 9.17) is 0 Å². The molecular weight excluding hydrogens is 420 g/mol. The van der Waals surface area contributed by atoms with E-state index in [1.54, 1.807) is 28.6 Å². The summed E-state index contributed by atoms with van der Waals surface area (Å²) in [5.74, 6) is 0.635. The second kappa shape index (κ2) is 8.31. The number of hydrogen-bond donors (Lipinski definition) is 0. The molecule has 0 spiro atoms. The minimum Gasteiger partial charge on any atom is -0.329 e. The lowest BCUT2D eigenvalue weighted by atomic mass is 9.84. The van der Waals surface area contributed by atoms with Gasteiger partial charge in [-0.15, -0.1) is 0 Å². The number of carbonyl (C=O) groups is 1. The number of fused-ring (bicyclic) bond motifs is 1. The SMILES string of the molecule is Cc1ccc2c(c1)CN(C(=O)c1ccc(S(=O)(=O)N3CC(C)CC(C)C3)cc1)C(C)(C)C2. The van der Waals surface area contributed by atoms with Crippen LogP contribution in [0.25, 0.3) is 0 Å². The summed E-state index contributed by atoms with van der Waals surface area (Å²) in [6.07, 6.45) is 1.85. The van der Waals surface area contributed by atoms with Crippen molar-refractivity contribution in [2.75, 3.05) is 13.1 Å². The minimum atomic E-state index is -3.55. The van der Waals surface area contributed by atoms with Gasteiger partial charge in [-0.25, -0.2) is 8.42 Å². The van der Waals surface area contributed by atoms with Crippen molar-refractivity contribution in [2.24, 2.45) is 11.8 Å². The van der Waals surface area contributed by atoms with Crippen LogP contribution in [-0.4, -0.2) is 42.2 Å². The zero-order chi connectivity index (χ0) is 23.3. The average molecular weight is 455 g/mol. The van der Waals surface area contributed by atoms with E-state index in [2.05, 4.69) is 52.8 Å². The molecule has 2 aliphatic heterocycles. The third kappa shape index (κ3) is 4.35. The van der Waals surface area contributed by atoms with Crippen LogP contribution < -0.4 is 0 Å². The molecule has 4 rings (SSSR count). The highest BCUT2D eigenvalue weighted by atomic mass is 32.2. The first-order valence-corrected chi connectivity index (χ1v) is 12.9. The largest absolute Gasteiger partial charge is 0.329 e. The number of nitrogens with zero attached hydrogens (tertiary/aromatic N) is 2. The van der Waals surface area contributed by atoms with Crippen molar-refractivity contribution in [2.45, 2.75) is 64.4 Å². The molecule has 0 aliphatic carbocycles. The summed E-state index contributed by atoms with van der Waals surface area (Å²) >= 11 is 0. The lowest BCUT2D eigenvalue weighted by molar-refractivity contribution is 0.0488. The second-order valence-corrected chi connectivity index (χ2v) is 12.4. The van der Waals surface area contributed by atoms with Gasteiger partial charge in [-0.2, -0.15) is 4.31 Å². The summed E-state index contributed by atoms with van der Waals surface area (Å²) in [5, 5.41) is 0. The fourth-order valence-electron chi connectivity index (χ4n) is 5.24. The van der Waals surface area contributed by atoms with E-state index >= 15 is 0 Å². The molecule has 2 aliphatic rings. The van der Waals surface area contributed by atoms with Crippen LogP contribution in [0.3, 0.4) is 0 Å².